The number of H-pyrrole nitrogens is 1. The molecule has 4 heteroatoms. The monoisotopic (exact) mass is 263 g/mol. The summed E-state index contributed by atoms with van der Waals surface area (Å²) in [6, 6.07) is 5.95. The van der Waals surface area contributed by atoms with Crippen molar-refractivity contribution in [3.63, 3.8) is 0 Å². The summed E-state index contributed by atoms with van der Waals surface area (Å²) in [6.07, 6.45) is 10.6. The van der Waals surface area contributed by atoms with Crippen molar-refractivity contribution in [3.8, 4) is 11.1 Å². The van der Waals surface area contributed by atoms with E-state index in [0.717, 1.165) is 27.7 Å². The minimum absolute atomic E-state index is 0.0256. The van der Waals surface area contributed by atoms with Crippen molar-refractivity contribution in [2.75, 3.05) is 0 Å². The lowest BCUT2D eigenvalue weighted by Gasteiger charge is -2.01. The third-order valence-corrected chi connectivity index (χ3v) is 3.07. The molecule has 0 fully saturated rings. The van der Waals surface area contributed by atoms with Crippen molar-refractivity contribution in [3.05, 3.63) is 54.6 Å². The van der Waals surface area contributed by atoms with E-state index >= 15 is 0 Å². The van der Waals surface area contributed by atoms with Gasteiger partial charge in [0.1, 0.15) is 5.65 Å². The number of aromatic nitrogens is 3. The average Bonchev–Trinajstić information content (AvgIpc) is 2.88. The fourth-order valence-electron chi connectivity index (χ4n) is 2.07. The highest BCUT2D eigenvalue weighted by atomic mass is 16.1. The number of rotatable bonds is 3. The number of hydrogen-bond donors (Lipinski definition) is 1. The van der Waals surface area contributed by atoms with Gasteiger partial charge >= 0.3 is 0 Å². The predicted molar refractivity (Wildman–Crippen MR) is 79.0 cm³/mol. The van der Waals surface area contributed by atoms with Crippen LogP contribution in [0.2, 0.25) is 0 Å². The number of ketones is 1. The van der Waals surface area contributed by atoms with Crippen molar-refractivity contribution in [2.24, 2.45) is 0 Å². The Bertz CT molecular complexity index is 788. The zero-order valence-corrected chi connectivity index (χ0v) is 11.0. The summed E-state index contributed by atoms with van der Waals surface area (Å²) in [4.78, 5) is 22.6. The van der Waals surface area contributed by atoms with Crippen LogP contribution in [-0.4, -0.2) is 20.7 Å². The van der Waals surface area contributed by atoms with Gasteiger partial charge in [0.05, 0.1) is 0 Å². The second-order valence-electron chi connectivity index (χ2n) is 4.54. The number of carbonyl (C=O) groups excluding carboxylic acids is 1. The van der Waals surface area contributed by atoms with Gasteiger partial charge in [-0.3, -0.25) is 9.78 Å². The summed E-state index contributed by atoms with van der Waals surface area (Å²) in [5.74, 6) is 0.0256. The molecule has 0 radical (unpaired) electrons. The van der Waals surface area contributed by atoms with Crippen LogP contribution in [0.1, 0.15) is 12.5 Å². The Morgan fingerprint density at radius 3 is 2.80 bits per heavy atom. The van der Waals surface area contributed by atoms with Gasteiger partial charge in [-0.15, -0.1) is 0 Å². The molecule has 1 N–H and O–H groups in total. The van der Waals surface area contributed by atoms with E-state index < -0.39 is 0 Å². The van der Waals surface area contributed by atoms with Gasteiger partial charge in [0.2, 0.25) is 0 Å². The number of nitrogens with one attached hydrogen (secondary N) is 1. The molecule has 0 saturated heterocycles. The Kier molecular flexibility index (Phi) is 3.13. The molecule has 98 valence electrons. The molecule has 0 aliphatic heterocycles. The standard InChI is InChI=1S/C16H13N3O/c1-11(20)2-3-13-9-18-16-15(13)8-14(10-19-16)12-4-6-17-7-5-12/h2-10H,1H3,(H,18,19)/b3-2+. The van der Waals surface area contributed by atoms with E-state index in [1.54, 1.807) is 24.5 Å². The van der Waals surface area contributed by atoms with Crippen LogP contribution in [0.25, 0.3) is 28.2 Å². The lowest BCUT2D eigenvalue weighted by Crippen LogP contribution is -1.83. The highest BCUT2D eigenvalue weighted by Crippen LogP contribution is 2.24. The molecular weight excluding hydrogens is 250 g/mol. The van der Waals surface area contributed by atoms with Crippen LogP contribution in [0, 0.1) is 0 Å². The Hall–Kier alpha value is -2.75. The first-order chi connectivity index (χ1) is 9.74. The first-order valence-corrected chi connectivity index (χ1v) is 6.30. The molecule has 0 aromatic carbocycles. The van der Waals surface area contributed by atoms with E-state index in [1.165, 1.54) is 6.92 Å². The number of fused-ring (bicyclic) bond motifs is 1. The van der Waals surface area contributed by atoms with E-state index in [0.29, 0.717) is 0 Å². The SMILES string of the molecule is CC(=O)/C=C/c1c[nH]c2ncc(-c3ccncc3)cc12. The summed E-state index contributed by atoms with van der Waals surface area (Å²) in [6.45, 7) is 1.53. The third kappa shape index (κ3) is 2.36. The molecular formula is C16H13N3O. The van der Waals surface area contributed by atoms with Crippen LogP contribution in [0.15, 0.2) is 49.1 Å². The summed E-state index contributed by atoms with van der Waals surface area (Å²) >= 11 is 0. The number of carbonyl (C=O) groups is 1. The van der Waals surface area contributed by atoms with Gasteiger partial charge in [-0.1, -0.05) is 0 Å². The minimum Gasteiger partial charge on any atom is -0.346 e. The number of aromatic amines is 1. The molecule has 3 aromatic rings. The largest absolute Gasteiger partial charge is 0.346 e. The fraction of sp³-hybridized carbons (Fsp3) is 0.0625. The van der Waals surface area contributed by atoms with Crippen molar-refractivity contribution in [1.82, 2.24) is 15.0 Å². The van der Waals surface area contributed by atoms with Gasteiger partial charge in [0.15, 0.2) is 5.78 Å². The molecule has 0 aliphatic rings. The molecule has 0 bridgehead atoms. The van der Waals surface area contributed by atoms with E-state index in [-0.39, 0.29) is 5.78 Å². The van der Waals surface area contributed by atoms with Crippen molar-refractivity contribution in [2.45, 2.75) is 6.92 Å². The van der Waals surface area contributed by atoms with Crippen LogP contribution in [0.3, 0.4) is 0 Å². The van der Waals surface area contributed by atoms with Gasteiger partial charge in [-0.05, 0) is 42.8 Å². The van der Waals surface area contributed by atoms with Gasteiger partial charge in [-0.2, -0.15) is 0 Å². The number of pyridine rings is 2. The molecule has 3 rings (SSSR count). The molecule has 0 aliphatic carbocycles. The van der Waals surface area contributed by atoms with E-state index in [2.05, 4.69) is 21.0 Å². The number of allylic oxidation sites excluding steroid dienone is 1. The normalized spacial score (nSPS) is 11.2. The highest BCUT2D eigenvalue weighted by molar-refractivity contribution is 5.96. The zero-order valence-electron chi connectivity index (χ0n) is 11.0. The van der Waals surface area contributed by atoms with E-state index in [9.17, 15) is 4.79 Å². The summed E-state index contributed by atoms with van der Waals surface area (Å²) in [7, 11) is 0. The fourth-order valence-corrected chi connectivity index (χ4v) is 2.07. The summed E-state index contributed by atoms with van der Waals surface area (Å²) in [5, 5.41) is 0.997. The quantitative estimate of drug-likeness (QED) is 0.738. The second-order valence-corrected chi connectivity index (χ2v) is 4.54. The van der Waals surface area contributed by atoms with Crippen LogP contribution in [-0.2, 0) is 4.79 Å². The van der Waals surface area contributed by atoms with Gasteiger partial charge in [0.25, 0.3) is 0 Å². The smallest absolute Gasteiger partial charge is 0.152 e. The van der Waals surface area contributed by atoms with Crippen molar-refractivity contribution < 1.29 is 4.79 Å². The third-order valence-electron chi connectivity index (χ3n) is 3.07. The molecule has 0 atom stereocenters. The molecule has 0 unspecified atom stereocenters. The van der Waals surface area contributed by atoms with Crippen LogP contribution >= 0.6 is 0 Å². The van der Waals surface area contributed by atoms with E-state index in [4.69, 9.17) is 0 Å². The molecule has 0 saturated carbocycles. The predicted octanol–water partition coefficient (Wildman–Crippen LogP) is 3.23. The van der Waals surface area contributed by atoms with Crippen LogP contribution in [0.5, 0.6) is 0 Å². The second kappa shape index (κ2) is 5.09. The Balaban J connectivity index is 2.10. The Morgan fingerprint density at radius 2 is 2.05 bits per heavy atom. The number of hydrogen-bond acceptors (Lipinski definition) is 3. The highest BCUT2D eigenvalue weighted by Gasteiger charge is 2.05. The lowest BCUT2D eigenvalue weighted by atomic mass is 10.1. The number of nitrogens with zero attached hydrogens (tertiary/aromatic N) is 2. The molecule has 0 amide bonds. The maximum atomic E-state index is 11.0. The molecule has 4 nitrogen and oxygen atoms in total. The van der Waals surface area contributed by atoms with Crippen molar-refractivity contribution >= 4 is 22.9 Å². The van der Waals surface area contributed by atoms with Gasteiger partial charge in [0, 0.05) is 41.3 Å². The van der Waals surface area contributed by atoms with Crippen LogP contribution < -0.4 is 0 Å². The molecule has 3 aromatic heterocycles. The first kappa shape index (κ1) is 12.3. The average molecular weight is 263 g/mol. The zero-order chi connectivity index (χ0) is 13.9. The lowest BCUT2D eigenvalue weighted by molar-refractivity contribution is -0.112. The summed E-state index contributed by atoms with van der Waals surface area (Å²) in [5.41, 5.74) is 3.86. The topological polar surface area (TPSA) is 58.6 Å². The minimum atomic E-state index is 0.0256. The maximum Gasteiger partial charge on any atom is 0.152 e. The molecule has 3 heterocycles. The van der Waals surface area contributed by atoms with E-state index in [1.807, 2.05) is 24.5 Å². The maximum absolute atomic E-state index is 11.0. The Labute approximate surface area is 116 Å². The van der Waals surface area contributed by atoms with Crippen molar-refractivity contribution in [1.29, 1.82) is 0 Å². The Morgan fingerprint density at radius 1 is 1.25 bits per heavy atom. The van der Waals surface area contributed by atoms with Gasteiger partial charge < -0.3 is 4.98 Å². The van der Waals surface area contributed by atoms with Crippen LogP contribution in [0.4, 0.5) is 0 Å². The summed E-state index contributed by atoms with van der Waals surface area (Å²) < 4.78 is 0. The van der Waals surface area contributed by atoms with Gasteiger partial charge in [-0.25, -0.2) is 4.98 Å². The first-order valence-electron chi connectivity index (χ1n) is 6.30. The molecule has 0 spiro atoms. The molecule has 20 heavy (non-hydrogen) atoms.